The molecule has 0 bridgehead atoms. The number of nitrogens with one attached hydrogen (secondary N) is 1. The molecule has 1 aromatic carbocycles. The van der Waals surface area contributed by atoms with E-state index in [4.69, 9.17) is 9.72 Å². The third-order valence-corrected chi connectivity index (χ3v) is 8.25. The number of aryl methyl sites for hydroxylation is 2. The monoisotopic (exact) mass is 516 g/mol. The lowest BCUT2D eigenvalue weighted by Crippen LogP contribution is -2.39. The van der Waals surface area contributed by atoms with Crippen LogP contribution in [0.25, 0.3) is 22.4 Å². The van der Waals surface area contributed by atoms with Gasteiger partial charge in [0.25, 0.3) is 5.56 Å². The van der Waals surface area contributed by atoms with Crippen LogP contribution in [0.1, 0.15) is 45.1 Å². The zero-order valence-electron chi connectivity index (χ0n) is 21.2. The molecule has 2 unspecified atom stereocenters. The Balaban J connectivity index is 1.71. The van der Waals surface area contributed by atoms with Gasteiger partial charge in [-0.3, -0.25) is 4.79 Å². The number of ether oxygens (including phenoxy) is 1. The summed E-state index contributed by atoms with van der Waals surface area (Å²) in [6, 6.07) is 5.38. The van der Waals surface area contributed by atoms with E-state index in [-0.39, 0.29) is 18.1 Å². The van der Waals surface area contributed by atoms with Gasteiger partial charge in [0.15, 0.2) is 0 Å². The fourth-order valence-electron chi connectivity index (χ4n) is 4.82. The van der Waals surface area contributed by atoms with Crippen molar-refractivity contribution in [2.24, 2.45) is 13.0 Å². The average molecular weight is 517 g/mol. The Morgan fingerprint density at radius 3 is 2.67 bits per heavy atom. The minimum absolute atomic E-state index is 0.00724. The SMILES string of the molecule is CCCOc1ccc(S(=O)N2CCC(C(O)CO)CC2)cc1-c1nc2c(CCC)cn(C)c2c(=O)[nH]1. The van der Waals surface area contributed by atoms with Gasteiger partial charge in [0.05, 0.1) is 35.3 Å². The maximum Gasteiger partial charge on any atom is 0.275 e. The van der Waals surface area contributed by atoms with E-state index in [1.165, 1.54) is 0 Å². The van der Waals surface area contributed by atoms with Crippen molar-refractivity contribution in [2.45, 2.75) is 57.0 Å². The molecular weight excluding hydrogens is 480 g/mol. The minimum Gasteiger partial charge on any atom is -0.493 e. The van der Waals surface area contributed by atoms with Crippen molar-refractivity contribution in [1.82, 2.24) is 18.8 Å². The van der Waals surface area contributed by atoms with E-state index in [0.717, 1.165) is 24.8 Å². The topological polar surface area (TPSA) is 121 Å². The molecule has 196 valence electrons. The molecule has 1 aliphatic heterocycles. The van der Waals surface area contributed by atoms with Crippen LogP contribution in [0.15, 0.2) is 34.1 Å². The first-order valence-corrected chi connectivity index (χ1v) is 13.8. The first-order valence-electron chi connectivity index (χ1n) is 12.7. The summed E-state index contributed by atoms with van der Waals surface area (Å²) in [4.78, 5) is 21.4. The predicted molar refractivity (Wildman–Crippen MR) is 140 cm³/mol. The lowest BCUT2D eigenvalue weighted by Gasteiger charge is -2.32. The number of aliphatic hydroxyl groups is 2. The Hall–Kier alpha value is -2.53. The van der Waals surface area contributed by atoms with Crippen molar-refractivity contribution < 1.29 is 19.2 Å². The summed E-state index contributed by atoms with van der Waals surface area (Å²) < 4.78 is 23.1. The van der Waals surface area contributed by atoms with Crippen molar-refractivity contribution >= 4 is 22.0 Å². The Morgan fingerprint density at radius 2 is 2.00 bits per heavy atom. The maximum atomic E-state index is 13.5. The van der Waals surface area contributed by atoms with Gasteiger partial charge in [0.1, 0.15) is 28.1 Å². The number of hydrogen-bond donors (Lipinski definition) is 3. The van der Waals surface area contributed by atoms with Crippen LogP contribution >= 0.6 is 0 Å². The van der Waals surface area contributed by atoms with E-state index in [9.17, 15) is 19.2 Å². The number of rotatable bonds is 10. The molecule has 4 rings (SSSR count). The summed E-state index contributed by atoms with van der Waals surface area (Å²) in [6.07, 6.45) is 5.12. The van der Waals surface area contributed by atoms with Gasteiger partial charge in [0, 0.05) is 26.3 Å². The van der Waals surface area contributed by atoms with E-state index in [1.807, 2.05) is 29.0 Å². The van der Waals surface area contributed by atoms with Gasteiger partial charge in [-0.25, -0.2) is 13.5 Å². The number of piperidine rings is 1. The fraction of sp³-hybridized carbons (Fsp3) is 0.538. The van der Waals surface area contributed by atoms with Gasteiger partial charge in [-0.2, -0.15) is 0 Å². The summed E-state index contributed by atoms with van der Waals surface area (Å²) in [5.41, 5.74) is 2.61. The zero-order valence-corrected chi connectivity index (χ0v) is 22.0. The Kier molecular flexibility index (Phi) is 8.61. The highest BCUT2D eigenvalue weighted by Crippen LogP contribution is 2.32. The zero-order chi connectivity index (χ0) is 25.8. The molecule has 0 radical (unpaired) electrons. The summed E-state index contributed by atoms with van der Waals surface area (Å²) in [5, 5.41) is 19.2. The van der Waals surface area contributed by atoms with Crippen molar-refractivity contribution in [3.63, 3.8) is 0 Å². The van der Waals surface area contributed by atoms with Gasteiger partial charge in [-0.15, -0.1) is 0 Å². The number of aliphatic hydroxyl groups excluding tert-OH is 2. The van der Waals surface area contributed by atoms with Crippen LogP contribution in [0.4, 0.5) is 0 Å². The quantitative estimate of drug-likeness (QED) is 0.381. The number of nitrogens with zero attached hydrogens (tertiary/aromatic N) is 3. The van der Waals surface area contributed by atoms with E-state index in [2.05, 4.69) is 11.9 Å². The van der Waals surface area contributed by atoms with Crippen LogP contribution in [0.2, 0.25) is 0 Å². The second-order valence-electron chi connectivity index (χ2n) is 9.40. The summed E-state index contributed by atoms with van der Waals surface area (Å²) in [6.45, 7) is 5.48. The third-order valence-electron chi connectivity index (χ3n) is 6.75. The number of aromatic amines is 1. The molecule has 9 nitrogen and oxygen atoms in total. The molecule has 0 spiro atoms. The predicted octanol–water partition coefficient (Wildman–Crippen LogP) is 2.76. The second-order valence-corrected chi connectivity index (χ2v) is 10.9. The number of hydrogen-bond acceptors (Lipinski definition) is 6. The lowest BCUT2D eigenvalue weighted by molar-refractivity contribution is 0.0283. The highest BCUT2D eigenvalue weighted by Gasteiger charge is 2.28. The van der Waals surface area contributed by atoms with E-state index < -0.39 is 17.1 Å². The fourth-order valence-corrected chi connectivity index (χ4v) is 6.07. The molecule has 0 aliphatic carbocycles. The summed E-state index contributed by atoms with van der Waals surface area (Å²) in [5.74, 6) is 0.983. The number of H-pyrrole nitrogens is 1. The van der Waals surface area contributed by atoms with Crippen LogP contribution < -0.4 is 10.3 Å². The van der Waals surface area contributed by atoms with Crippen LogP contribution in [-0.2, 0) is 24.5 Å². The summed E-state index contributed by atoms with van der Waals surface area (Å²) in [7, 11) is 0.424. The molecule has 2 aromatic heterocycles. The molecule has 1 saturated heterocycles. The van der Waals surface area contributed by atoms with Gasteiger partial charge >= 0.3 is 0 Å². The molecule has 1 aliphatic rings. The van der Waals surface area contributed by atoms with Crippen LogP contribution in [0.3, 0.4) is 0 Å². The van der Waals surface area contributed by atoms with Gasteiger partial charge in [-0.1, -0.05) is 20.3 Å². The van der Waals surface area contributed by atoms with Gasteiger partial charge in [0.2, 0.25) is 0 Å². The molecule has 3 N–H and O–H groups in total. The number of aromatic nitrogens is 3. The van der Waals surface area contributed by atoms with Gasteiger partial charge in [-0.05, 0) is 55.4 Å². The molecule has 3 heterocycles. The highest BCUT2D eigenvalue weighted by atomic mass is 32.2. The largest absolute Gasteiger partial charge is 0.493 e. The van der Waals surface area contributed by atoms with Gasteiger partial charge < -0.3 is 24.5 Å². The Labute approximate surface area is 213 Å². The van der Waals surface area contributed by atoms with E-state index in [1.54, 1.807) is 18.2 Å². The second kappa shape index (κ2) is 11.7. The molecule has 2 atom stereocenters. The lowest BCUT2D eigenvalue weighted by atomic mass is 9.93. The van der Waals surface area contributed by atoms with Crippen molar-refractivity contribution in [3.8, 4) is 17.1 Å². The molecule has 0 saturated carbocycles. The number of fused-ring (bicyclic) bond motifs is 1. The van der Waals surface area contributed by atoms with Crippen LogP contribution in [0, 0.1) is 5.92 Å². The molecule has 3 aromatic rings. The molecule has 1 fully saturated rings. The first kappa shape index (κ1) is 26.5. The first-order chi connectivity index (χ1) is 17.4. The number of benzene rings is 1. The average Bonchev–Trinajstić information content (AvgIpc) is 3.22. The third kappa shape index (κ3) is 5.41. The highest BCUT2D eigenvalue weighted by molar-refractivity contribution is 7.82. The molecule has 36 heavy (non-hydrogen) atoms. The van der Waals surface area contributed by atoms with Crippen molar-refractivity contribution in [3.05, 3.63) is 40.3 Å². The Morgan fingerprint density at radius 1 is 1.25 bits per heavy atom. The summed E-state index contributed by atoms with van der Waals surface area (Å²) >= 11 is 0. The molecule has 0 amide bonds. The standard InChI is InChI=1S/C26H36N4O5S/c1-4-6-18-15-29(3)24-23(18)27-25(28-26(24)33)20-14-19(7-8-22(20)35-13-5-2)36(34)30-11-9-17(10-12-30)21(32)16-31/h7-8,14-15,17,21,31-32H,4-6,9-13,16H2,1-3H3,(H,27,28,33). The van der Waals surface area contributed by atoms with E-state index >= 15 is 0 Å². The van der Waals surface area contributed by atoms with Crippen LogP contribution in [0.5, 0.6) is 5.75 Å². The Bertz CT molecular complexity index is 1280. The smallest absolute Gasteiger partial charge is 0.275 e. The van der Waals surface area contributed by atoms with E-state index in [0.29, 0.717) is 65.6 Å². The van der Waals surface area contributed by atoms with Crippen molar-refractivity contribution in [1.29, 1.82) is 0 Å². The van der Waals surface area contributed by atoms with Crippen LogP contribution in [-0.4, -0.2) is 65.7 Å². The molecular formula is C26H36N4O5S. The maximum absolute atomic E-state index is 13.5. The molecule has 10 heteroatoms. The van der Waals surface area contributed by atoms with Crippen molar-refractivity contribution in [2.75, 3.05) is 26.3 Å². The normalized spacial score (nSPS) is 16.9. The minimum atomic E-state index is -1.42.